The number of carbonyl (C=O) groups excluding carboxylic acids is 1. The molecule has 0 atom stereocenters. The van der Waals surface area contributed by atoms with Gasteiger partial charge in [0.05, 0.1) is 7.11 Å². The quantitative estimate of drug-likeness (QED) is 0.383. The van der Waals surface area contributed by atoms with Gasteiger partial charge in [-0.05, 0) is 20.0 Å². The second kappa shape index (κ2) is 9.36. The maximum atomic E-state index is 11.2. The highest BCUT2D eigenvalue weighted by Crippen LogP contribution is 2.01. The van der Waals surface area contributed by atoms with Gasteiger partial charge in [-0.15, -0.1) is 0 Å². The van der Waals surface area contributed by atoms with E-state index in [0.717, 1.165) is 31.8 Å². The first-order valence-corrected chi connectivity index (χ1v) is 5.82. The molecule has 0 heterocycles. The number of esters is 1. The van der Waals surface area contributed by atoms with Gasteiger partial charge in [0.15, 0.2) is 0 Å². The van der Waals surface area contributed by atoms with Crippen LogP contribution in [0.2, 0.25) is 0 Å². The third-order valence-electron chi connectivity index (χ3n) is 2.53. The van der Waals surface area contributed by atoms with Gasteiger partial charge in [0.25, 0.3) is 0 Å². The van der Waals surface area contributed by atoms with Crippen LogP contribution in [0, 0.1) is 0 Å². The van der Waals surface area contributed by atoms with E-state index < -0.39 is 0 Å². The van der Waals surface area contributed by atoms with E-state index in [2.05, 4.69) is 28.9 Å². The summed E-state index contributed by atoms with van der Waals surface area (Å²) in [7, 11) is 3.50. The van der Waals surface area contributed by atoms with Crippen molar-refractivity contribution in [2.75, 3.05) is 40.3 Å². The molecule has 0 rings (SSSR count). The molecule has 94 valence electrons. The Morgan fingerprint density at radius 1 is 1.44 bits per heavy atom. The van der Waals surface area contributed by atoms with Crippen LogP contribution in [-0.4, -0.2) is 51.2 Å². The van der Waals surface area contributed by atoms with Crippen LogP contribution in [-0.2, 0) is 9.53 Å². The molecule has 0 saturated carbocycles. The van der Waals surface area contributed by atoms with Crippen molar-refractivity contribution in [2.24, 2.45) is 0 Å². The van der Waals surface area contributed by atoms with Crippen LogP contribution >= 0.6 is 0 Å². The van der Waals surface area contributed by atoms with E-state index >= 15 is 0 Å². The fourth-order valence-electron chi connectivity index (χ4n) is 1.23. The lowest BCUT2D eigenvalue weighted by atomic mass is 10.2. The summed E-state index contributed by atoms with van der Waals surface area (Å²) in [5.41, 5.74) is 0.735. The van der Waals surface area contributed by atoms with E-state index in [0.29, 0.717) is 6.42 Å². The van der Waals surface area contributed by atoms with E-state index in [1.807, 2.05) is 13.0 Å². The molecule has 0 fully saturated rings. The molecule has 0 saturated heterocycles. The highest BCUT2D eigenvalue weighted by atomic mass is 16.5. The minimum absolute atomic E-state index is 0.227. The number of nitrogens with one attached hydrogen (secondary N) is 1. The summed E-state index contributed by atoms with van der Waals surface area (Å²) in [6.45, 7) is 7.80. The van der Waals surface area contributed by atoms with Crippen molar-refractivity contribution in [3.05, 3.63) is 11.6 Å². The van der Waals surface area contributed by atoms with Crippen molar-refractivity contribution in [1.29, 1.82) is 0 Å². The minimum Gasteiger partial charge on any atom is -0.466 e. The molecule has 0 spiro atoms. The smallest absolute Gasteiger partial charge is 0.333 e. The molecule has 0 aromatic carbocycles. The molecule has 0 radical (unpaired) electrons. The highest BCUT2D eigenvalue weighted by molar-refractivity contribution is 5.88. The molecule has 0 amide bonds. The summed E-state index contributed by atoms with van der Waals surface area (Å²) in [6, 6.07) is 0. The molecule has 1 N–H and O–H groups in total. The van der Waals surface area contributed by atoms with Gasteiger partial charge >= 0.3 is 5.97 Å². The lowest BCUT2D eigenvalue weighted by Crippen LogP contribution is -2.29. The van der Waals surface area contributed by atoms with E-state index in [-0.39, 0.29) is 5.97 Å². The Bertz CT molecular complexity index is 227. The first-order valence-electron chi connectivity index (χ1n) is 5.82. The van der Waals surface area contributed by atoms with Crippen molar-refractivity contribution in [2.45, 2.75) is 20.3 Å². The monoisotopic (exact) mass is 228 g/mol. The number of nitrogens with zero attached hydrogens (tertiary/aromatic N) is 1. The predicted octanol–water partition coefficient (Wildman–Crippen LogP) is 1.04. The van der Waals surface area contributed by atoms with Gasteiger partial charge in [0.1, 0.15) is 0 Å². The number of carbonyl (C=O) groups is 1. The lowest BCUT2D eigenvalue weighted by Gasteiger charge is -2.13. The maximum absolute atomic E-state index is 11.2. The van der Waals surface area contributed by atoms with Crippen LogP contribution in [0.3, 0.4) is 0 Å². The van der Waals surface area contributed by atoms with E-state index in [9.17, 15) is 4.79 Å². The summed E-state index contributed by atoms with van der Waals surface area (Å²) < 4.78 is 4.67. The Hall–Kier alpha value is -0.870. The number of likely N-dealkylation sites (N-methyl/N-ethyl adjacent to an activating group) is 1. The van der Waals surface area contributed by atoms with Gasteiger partial charge in [-0.25, -0.2) is 4.79 Å². The number of hydrogen-bond donors (Lipinski definition) is 1. The molecular formula is C12H24N2O2. The Morgan fingerprint density at radius 2 is 2.12 bits per heavy atom. The summed E-state index contributed by atoms with van der Waals surface area (Å²) in [4.78, 5) is 13.5. The van der Waals surface area contributed by atoms with Crippen LogP contribution in [0.4, 0.5) is 0 Å². The van der Waals surface area contributed by atoms with Crippen LogP contribution in [0.15, 0.2) is 11.6 Å². The maximum Gasteiger partial charge on any atom is 0.333 e. The van der Waals surface area contributed by atoms with Crippen molar-refractivity contribution in [3.8, 4) is 0 Å². The summed E-state index contributed by atoms with van der Waals surface area (Å²) in [5, 5.41) is 3.27. The molecule has 0 aliphatic rings. The fourth-order valence-corrected chi connectivity index (χ4v) is 1.23. The van der Waals surface area contributed by atoms with Gasteiger partial charge in [-0.3, -0.25) is 0 Å². The van der Waals surface area contributed by atoms with Gasteiger partial charge < -0.3 is 15.0 Å². The van der Waals surface area contributed by atoms with Crippen LogP contribution in [0.25, 0.3) is 0 Å². The molecule has 0 aromatic heterocycles. The second-order valence-electron chi connectivity index (χ2n) is 3.67. The molecule has 4 heteroatoms. The third kappa shape index (κ3) is 6.58. The van der Waals surface area contributed by atoms with Crippen molar-refractivity contribution in [3.63, 3.8) is 0 Å². The minimum atomic E-state index is -0.227. The molecule has 0 bridgehead atoms. The molecular weight excluding hydrogens is 204 g/mol. The largest absolute Gasteiger partial charge is 0.466 e. The lowest BCUT2D eigenvalue weighted by molar-refractivity contribution is -0.136. The van der Waals surface area contributed by atoms with E-state index in [1.54, 1.807) is 0 Å². The predicted molar refractivity (Wildman–Crippen MR) is 66.4 cm³/mol. The first kappa shape index (κ1) is 15.1. The van der Waals surface area contributed by atoms with Crippen molar-refractivity contribution < 1.29 is 9.53 Å². The Kier molecular flexibility index (Phi) is 8.85. The van der Waals surface area contributed by atoms with E-state index in [1.165, 1.54) is 7.11 Å². The molecule has 4 nitrogen and oxygen atoms in total. The number of methoxy groups -OCH3 is 1. The van der Waals surface area contributed by atoms with Gasteiger partial charge in [-0.2, -0.15) is 0 Å². The average Bonchev–Trinajstić information content (AvgIpc) is 2.32. The fraction of sp³-hybridized carbons (Fsp3) is 0.750. The molecule has 0 aliphatic carbocycles. The SMILES string of the molecule is CC/C(=C/CNCCN(C)CC)C(=O)OC. The van der Waals surface area contributed by atoms with Crippen molar-refractivity contribution in [1.82, 2.24) is 10.2 Å². The topological polar surface area (TPSA) is 41.6 Å². The zero-order valence-electron chi connectivity index (χ0n) is 10.9. The standard InChI is InChI=1S/C12H24N2O2/c1-5-11(12(15)16-4)7-8-13-9-10-14(3)6-2/h7,13H,5-6,8-10H2,1-4H3/b11-7-. The number of hydrogen-bond acceptors (Lipinski definition) is 4. The molecule has 16 heavy (non-hydrogen) atoms. The second-order valence-corrected chi connectivity index (χ2v) is 3.67. The Labute approximate surface area is 98.6 Å². The number of ether oxygens (including phenoxy) is 1. The van der Waals surface area contributed by atoms with Gasteiger partial charge in [-0.1, -0.05) is 19.9 Å². The van der Waals surface area contributed by atoms with Crippen molar-refractivity contribution >= 4 is 5.97 Å². The highest BCUT2D eigenvalue weighted by Gasteiger charge is 2.05. The molecule has 0 aromatic rings. The normalized spacial score (nSPS) is 11.9. The van der Waals surface area contributed by atoms with Gasteiger partial charge in [0.2, 0.25) is 0 Å². The summed E-state index contributed by atoms with van der Waals surface area (Å²) in [5.74, 6) is -0.227. The summed E-state index contributed by atoms with van der Waals surface area (Å²) in [6.07, 6.45) is 2.61. The van der Waals surface area contributed by atoms with Crippen LogP contribution in [0.1, 0.15) is 20.3 Å². The summed E-state index contributed by atoms with van der Waals surface area (Å²) >= 11 is 0. The first-order chi connectivity index (χ1) is 7.65. The van der Waals surface area contributed by atoms with Gasteiger partial charge in [0, 0.05) is 25.2 Å². The van der Waals surface area contributed by atoms with Crippen LogP contribution in [0.5, 0.6) is 0 Å². The Morgan fingerprint density at radius 3 is 2.62 bits per heavy atom. The molecule has 0 unspecified atom stereocenters. The van der Waals surface area contributed by atoms with E-state index in [4.69, 9.17) is 0 Å². The van der Waals surface area contributed by atoms with Crippen LogP contribution < -0.4 is 5.32 Å². The number of rotatable bonds is 8. The Balaban J connectivity index is 3.76. The third-order valence-corrected chi connectivity index (χ3v) is 2.53. The zero-order chi connectivity index (χ0) is 12.4. The molecule has 0 aliphatic heterocycles. The average molecular weight is 228 g/mol. The zero-order valence-corrected chi connectivity index (χ0v) is 10.9.